The summed E-state index contributed by atoms with van der Waals surface area (Å²) in [4.78, 5) is 16.5. The molecule has 0 aromatic heterocycles. The van der Waals surface area contributed by atoms with Crippen LogP contribution in [-0.4, -0.2) is 44.0 Å². The zero-order chi connectivity index (χ0) is 22.1. The normalized spacial score (nSPS) is 15.9. The Bertz CT molecular complexity index is 900. The molecule has 0 spiro atoms. The van der Waals surface area contributed by atoms with E-state index in [9.17, 15) is 31.1 Å². The average Bonchev–Trinajstić information content (AvgIpc) is 2.67. The van der Waals surface area contributed by atoms with Crippen LogP contribution in [0.4, 0.5) is 37.7 Å². The Morgan fingerprint density at radius 3 is 1.90 bits per heavy atom. The fourth-order valence-electron chi connectivity index (χ4n) is 3.14. The number of hydrogen-bond acceptors (Lipinski definition) is 3. The number of hydrogen-bond donors (Lipinski definition) is 1. The lowest BCUT2D eigenvalue weighted by Gasteiger charge is -2.35. The van der Waals surface area contributed by atoms with Crippen molar-refractivity contribution in [1.82, 2.24) is 4.90 Å². The lowest BCUT2D eigenvalue weighted by Crippen LogP contribution is -2.44. The van der Waals surface area contributed by atoms with Gasteiger partial charge in [-0.3, -0.25) is 4.79 Å². The number of carbonyl (C=O) groups is 1. The number of anilines is 2. The summed E-state index contributed by atoms with van der Waals surface area (Å²) in [7, 11) is 1.93. The number of carbonyl (C=O) groups excluding carboxylic acids is 1. The van der Waals surface area contributed by atoms with Gasteiger partial charge in [0, 0.05) is 31.7 Å². The molecule has 2 aromatic carbocycles. The smallest absolute Gasteiger partial charge is 0.367 e. The summed E-state index contributed by atoms with van der Waals surface area (Å²) < 4.78 is 77.6. The van der Waals surface area contributed by atoms with E-state index < -0.39 is 29.4 Å². The van der Waals surface area contributed by atoms with Gasteiger partial charge in [-0.1, -0.05) is 0 Å². The zero-order valence-electron chi connectivity index (χ0n) is 15.9. The summed E-state index contributed by atoms with van der Waals surface area (Å²) >= 11 is 0. The highest BCUT2D eigenvalue weighted by Crippen LogP contribution is 2.36. The highest BCUT2D eigenvalue weighted by Gasteiger charge is 2.32. The Kier molecular flexibility index (Phi) is 5.98. The van der Waals surface area contributed by atoms with Gasteiger partial charge in [-0.15, -0.1) is 0 Å². The van der Waals surface area contributed by atoms with Crippen LogP contribution in [0, 0.1) is 0 Å². The number of alkyl halides is 6. The summed E-state index contributed by atoms with van der Waals surface area (Å²) in [6.45, 7) is 2.52. The number of piperazine rings is 1. The first-order chi connectivity index (χ1) is 13.9. The summed E-state index contributed by atoms with van der Waals surface area (Å²) in [5.41, 5.74) is -1.56. The molecule has 1 amide bonds. The van der Waals surface area contributed by atoms with Gasteiger partial charge in [0.25, 0.3) is 5.91 Å². The highest BCUT2D eigenvalue weighted by atomic mass is 19.4. The molecule has 30 heavy (non-hydrogen) atoms. The molecule has 1 N–H and O–H groups in total. The van der Waals surface area contributed by atoms with E-state index in [2.05, 4.69) is 10.2 Å². The molecule has 0 radical (unpaired) electrons. The third-order valence-corrected chi connectivity index (χ3v) is 4.89. The first kappa shape index (κ1) is 21.9. The van der Waals surface area contributed by atoms with Crippen molar-refractivity contribution in [2.45, 2.75) is 12.4 Å². The highest BCUT2D eigenvalue weighted by molar-refractivity contribution is 6.06. The maximum Gasteiger partial charge on any atom is 0.416 e. The number of amides is 1. The van der Waals surface area contributed by atoms with Crippen LogP contribution in [0.2, 0.25) is 0 Å². The second-order valence-electron chi connectivity index (χ2n) is 7.05. The summed E-state index contributed by atoms with van der Waals surface area (Å²) in [6.07, 6.45) is -9.15. The van der Waals surface area contributed by atoms with E-state index in [1.165, 1.54) is 6.07 Å². The number of nitrogens with zero attached hydrogens (tertiary/aromatic N) is 2. The third kappa shape index (κ3) is 5.05. The molecular formula is C20H19F6N3O. The van der Waals surface area contributed by atoms with Gasteiger partial charge >= 0.3 is 12.4 Å². The lowest BCUT2D eigenvalue weighted by atomic mass is 10.1. The molecule has 1 aliphatic rings. The lowest BCUT2D eigenvalue weighted by molar-refractivity contribution is -0.138. The van der Waals surface area contributed by atoms with E-state index in [1.807, 2.05) is 11.9 Å². The van der Waals surface area contributed by atoms with Gasteiger partial charge < -0.3 is 15.1 Å². The fourth-order valence-corrected chi connectivity index (χ4v) is 3.14. The quantitative estimate of drug-likeness (QED) is 0.714. The molecule has 1 fully saturated rings. The minimum absolute atomic E-state index is 0.0423. The molecule has 2 aromatic rings. The maximum atomic E-state index is 13.2. The van der Waals surface area contributed by atoms with Gasteiger partial charge in [0.2, 0.25) is 0 Å². The molecule has 0 bridgehead atoms. The van der Waals surface area contributed by atoms with Crippen LogP contribution in [0.15, 0.2) is 42.5 Å². The predicted octanol–water partition coefficient (Wildman–Crippen LogP) is 4.73. The van der Waals surface area contributed by atoms with Gasteiger partial charge in [0.1, 0.15) is 0 Å². The van der Waals surface area contributed by atoms with E-state index in [4.69, 9.17) is 0 Å². The molecule has 1 saturated heterocycles. The first-order valence-electron chi connectivity index (χ1n) is 9.08. The van der Waals surface area contributed by atoms with Crippen LogP contribution in [0.1, 0.15) is 21.5 Å². The van der Waals surface area contributed by atoms with Crippen LogP contribution >= 0.6 is 0 Å². The van der Waals surface area contributed by atoms with Crippen LogP contribution in [0.5, 0.6) is 0 Å². The van der Waals surface area contributed by atoms with Gasteiger partial charge in [-0.25, -0.2) is 0 Å². The predicted molar refractivity (Wildman–Crippen MR) is 101 cm³/mol. The van der Waals surface area contributed by atoms with Crippen molar-refractivity contribution in [3.05, 3.63) is 59.2 Å². The van der Waals surface area contributed by atoms with Gasteiger partial charge in [0.15, 0.2) is 0 Å². The van der Waals surface area contributed by atoms with Crippen LogP contribution < -0.4 is 10.2 Å². The zero-order valence-corrected chi connectivity index (χ0v) is 15.9. The Balaban J connectivity index is 1.89. The Morgan fingerprint density at radius 1 is 0.833 bits per heavy atom. The van der Waals surface area contributed by atoms with Gasteiger partial charge in [0.05, 0.1) is 22.5 Å². The van der Waals surface area contributed by atoms with Crippen LogP contribution in [0.25, 0.3) is 0 Å². The number of likely N-dealkylation sites (N-methyl/N-ethyl adjacent to an activating group) is 1. The fraction of sp³-hybridized carbons (Fsp3) is 0.350. The largest absolute Gasteiger partial charge is 0.416 e. The molecule has 0 saturated carbocycles. The molecule has 0 atom stereocenters. The van der Waals surface area contributed by atoms with Crippen molar-refractivity contribution in [3.8, 4) is 0 Å². The molecule has 162 valence electrons. The van der Waals surface area contributed by atoms with Crippen molar-refractivity contribution in [3.63, 3.8) is 0 Å². The van der Waals surface area contributed by atoms with Gasteiger partial charge in [-0.2, -0.15) is 26.3 Å². The van der Waals surface area contributed by atoms with Gasteiger partial charge in [-0.05, 0) is 49.5 Å². The van der Waals surface area contributed by atoms with E-state index in [0.29, 0.717) is 31.9 Å². The standard InChI is InChI=1S/C20H19F6N3O/c1-28-8-10-29(11-9-28)17-7-6-15(20(24,25)26)12-16(17)27-18(30)13-2-4-14(5-3-13)19(21,22)23/h2-7,12H,8-11H2,1H3,(H,27,30). The van der Waals surface area contributed by atoms with Crippen molar-refractivity contribution >= 4 is 17.3 Å². The second kappa shape index (κ2) is 8.17. The minimum atomic E-state index is -4.60. The van der Waals surface area contributed by atoms with Crippen molar-refractivity contribution in [2.75, 3.05) is 43.4 Å². The third-order valence-electron chi connectivity index (χ3n) is 4.89. The Hall–Kier alpha value is -2.75. The monoisotopic (exact) mass is 431 g/mol. The number of nitrogens with one attached hydrogen (secondary N) is 1. The number of halogens is 6. The molecular weight excluding hydrogens is 412 g/mol. The molecule has 4 nitrogen and oxygen atoms in total. The summed E-state index contributed by atoms with van der Waals surface area (Å²) in [5.74, 6) is -0.793. The topological polar surface area (TPSA) is 35.6 Å². The van der Waals surface area contributed by atoms with Crippen molar-refractivity contribution in [2.24, 2.45) is 0 Å². The van der Waals surface area contributed by atoms with E-state index in [-0.39, 0.29) is 11.3 Å². The minimum Gasteiger partial charge on any atom is -0.367 e. The van der Waals surface area contributed by atoms with E-state index in [0.717, 1.165) is 36.4 Å². The summed E-state index contributed by atoms with van der Waals surface area (Å²) in [6, 6.07) is 6.57. The molecule has 0 unspecified atom stereocenters. The molecule has 1 heterocycles. The SMILES string of the molecule is CN1CCN(c2ccc(C(F)(F)F)cc2NC(=O)c2ccc(C(F)(F)F)cc2)CC1. The second-order valence-corrected chi connectivity index (χ2v) is 7.05. The van der Waals surface area contributed by atoms with Crippen molar-refractivity contribution < 1.29 is 31.1 Å². The Labute approximate surface area is 169 Å². The first-order valence-corrected chi connectivity index (χ1v) is 9.08. The molecule has 3 rings (SSSR count). The van der Waals surface area contributed by atoms with Crippen molar-refractivity contribution in [1.29, 1.82) is 0 Å². The number of rotatable bonds is 3. The number of benzene rings is 2. The molecule has 0 aliphatic carbocycles. The van der Waals surface area contributed by atoms with Crippen LogP contribution in [0.3, 0.4) is 0 Å². The Morgan fingerprint density at radius 2 is 1.37 bits per heavy atom. The maximum absolute atomic E-state index is 13.2. The summed E-state index contributed by atoms with van der Waals surface area (Å²) in [5, 5.41) is 2.43. The van der Waals surface area contributed by atoms with Crippen LogP contribution in [-0.2, 0) is 12.4 Å². The molecule has 1 aliphatic heterocycles. The van der Waals surface area contributed by atoms with E-state index in [1.54, 1.807) is 0 Å². The molecule has 10 heteroatoms. The van der Waals surface area contributed by atoms with E-state index >= 15 is 0 Å². The average molecular weight is 431 g/mol.